The molecule has 2 aromatic carbocycles. The first kappa shape index (κ1) is 14.1. The second kappa shape index (κ2) is 5.89. The summed E-state index contributed by atoms with van der Waals surface area (Å²) in [5, 5.41) is 2.78. The van der Waals surface area contributed by atoms with Crippen LogP contribution in [0.5, 0.6) is 11.5 Å². The van der Waals surface area contributed by atoms with E-state index in [1.54, 1.807) is 43.5 Å². The molecule has 1 N–H and O–H groups in total. The molecule has 0 radical (unpaired) electrons. The molecule has 2 aromatic rings. The normalized spacial score (nSPS) is 13.0. The predicted octanol–water partition coefficient (Wildman–Crippen LogP) is 2.80. The van der Waals surface area contributed by atoms with Crippen LogP contribution in [0.1, 0.15) is 22.3 Å². The van der Waals surface area contributed by atoms with Crippen molar-refractivity contribution in [1.29, 1.82) is 0 Å². The Morgan fingerprint density at radius 1 is 1.05 bits per heavy atom. The highest BCUT2D eigenvalue weighted by atomic mass is 16.5. The summed E-state index contributed by atoms with van der Waals surface area (Å²) in [4.78, 5) is 23.5. The summed E-state index contributed by atoms with van der Waals surface area (Å²) in [6, 6.07) is 12.0. The molecule has 0 saturated carbocycles. The van der Waals surface area contributed by atoms with E-state index in [4.69, 9.17) is 9.47 Å². The van der Waals surface area contributed by atoms with Gasteiger partial charge in [0, 0.05) is 18.2 Å². The molecule has 0 bridgehead atoms. The molecule has 1 aliphatic heterocycles. The number of hydrogen-bond acceptors (Lipinski definition) is 4. The molecule has 112 valence electrons. The van der Waals surface area contributed by atoms with E-state index in [1.165, 1.54) is 0 Å². The molecule has 0 atom stereocenters. The van der Waals surface area contributed by atoms with E-state index in [2.05, 4.69) is 5.32 Å². The third-order valence-electron chi connectivity index (χ3n) is 3.51. The van der Waals surface area contributed by atoms with Crippen LogP contribution in [-0.2, 0) is 11.2 Å². The van der Waals surface area contributed by atoms with Crippen molar-refractivity contribution in [2.24, 2.45) is 0 Å². The minimum absolute atomic E-state index is 0.0221. The van der Waals surface area contributed by atoms with Crippen molar-refractivity contribution < 1.29 is 19.1 Å². The number of rotatable bonds is 3. The number of benzene rings is 2. The third-order valence-corrected chi connectivity index (χ3v) is 3.51. The monoisotopic (exact) mass is 297 g/mol. The Bertz CT molecular complexity index is 722. The van der Waals surface area contributed by atoms with E-state index in [0.29, 0.717) is 35.6 Å². The van der Waals surface area contributed by atoms with Crippen LogP contribution in [0, 0.1) is 0 Å². The number of carbonyl (C=O) groups is 2. The molecular weight excluding hydrogens is 282 g/mol. The van der Waals surface area contributed by atoms with Gasteiger partial charge in [-0.05, 0) is 42.3 Å². The average molecular weight is 297 g/mol. The molecule has 1 aliphatic rings. The summed E-state index contributed by atoms with van der Waals surface area (Å²) in [6.45, 7) is 0. The summed E-state index contributed by atoms with van der Waals surface area (Å²) in [6.07, 6.45) is 1.19. The van der Waals surface area contributed by atoms with Crippen molar-refractivity contribution in [3.05, 3.63) is 53.6 Å². The highest BCUT2D eigenvalue weighted by Crippen LogP contribution is 2.27. The first-order chi connectivity index (χ1) is 10.7. The van der Waals surface area contributed by atoms with E-state index in [-0.39, 0.29) is 5.91 Å². The van der Waals surface area contributed by atoms with E-state index < -0.39 is 5.97 Å². The number of nitrogens with one attached hydrogen (secondary N) is 1. The molecule has 1 amide bonds. The van der Waals surface area contributed by atoms with Gasteiger partial charge in [-0.25, -0.2) is 4.79 Å². The Labute approximate surface area is 127 Å². The fourth-order valence-corrected chi connectivity index (χ4v) is 2.31. The van der Waals surface area contributed by atoms with Gasteiger partial charge >= 0.3 is 5.97 Å². The van der Waals surface area contributed by atoms with Crippen LogP contribution in [0.2, 0.25) is 0 Å². The molecule has 1 heterocycles. The summed E-state index contributed by atoms with van der Waals surface area (Å²) in [5.41, 5.74) is 2.18. The lowest BCUT2D eigenvalue weighted by Gasteiger charge is -2.17. The quantitative estimate of drug-likeness (QED) is 0.699. The Kier molecular flexibility index (Phi) is 3.78. The van der Waals surface area contributed by atoms with Crippen LogP contribution in [0.25, 0.3) is 0 Å². The van der Waals surface area contributed by atoms with Gasteiger partial charge in [0.15, 0.2) is 0 Å². The van der Waals surface area contributed by atoms with Gasteiger partial charge in [-0.3, -0.25) is 4.79 Å². The molecule has 3 rings (SSSR count). The molecular formula is C17H15NO4. The number of aryl methyl sites for hydroxylation is 1. The zero-order chi connectivity index (χ0) is 15.5. The van der Waals surface area contributed by atoms with Crippen molar-refractivity contribution >= 4 is 17.6 Å². The first-order valence-electron chi connectivity index (χ1n) is 6.95. The highest BCUT2D eigenvalue weighted by molar-refractivity contribution is 5.95. The van der Waals surface area contributed by atoms with Crippen molar-refractivity contribution in [3.63, 3.8) is 0 Å². The molecule has 0 saturated heterocycles. The van der Waals surface area contributed by atoms with Crippen LogP contribution < -0.4 is 14.8 Å². The lowest BCUT2D eigenvalue weighted by molar-refractivity contribution is -0.116. The van der Waals surface area contributed by atoms with Crippen LogP contribution in [0.4, 0.5) is 5.69 Å². The van der Waals surface area contributed by atoms with E-state index in [0.717, 1.165) is 5.56 Å². The number of fused-ring (bicyclic) bond motifs is 1. The maximum atomic E-state index is 12.1. The fourth-order valence-electron chi connectivity index (χ4n) is 2.31. The molecule has 0 aromatic heterocycles. The second-order valence-corrected chi connectivity index (χ2v) is 4.99. The summed E-state index contributed by atoms with van der Waals surface area (Å²) >= 11 is 0. The maximum Gasteiger partial charge on any atom is 0.343 e. The minimum atomic E-state index is -0.454. The van der Waals surface area contributed by atoms with Crippen LogP contribution >= 0.6 is 0 Å². The standard InChI is InChI=1S/C17H15NO4/c1-21-13-6-3-12(4-7-13)17(20)22-14-8-2-11-5-9-16(19)18-15(11)10-14/h2-4,6-8,10H,5,9H2,1H3,(H,18,19). The number of methoxy groups -OCH3 is 1. The van der Waals surface area contributed by atoms with Gasteiger partial charge < -0.3 is 14.8 Å². The van der Waals surface area contributed by atoms with Gasteiger partial charge in [0.2, 0.25) is 5.91 Å². The topological polar surface area (TPSA) is 64.6 Å². The van der Waals surface area contributed by atoms with E-state index in [9.17, 15) is 9.59 Å². The summed E-state index contributed by atoms with van der Waals surface area (Å²) in [7, 11) is 1.56. The van der Waals surface area contributed by atoms with Crippen LogP contribution in [0.15, 0.2) is 42.5 Å². The molecule has 0 spiro atoms. The molecule has 22 heavy (non-hydrogen) atoms. The highest BCUT2D eigenvalue weighted by Gasteiger charge is 2.16. The minimum Gasteiger partial charge on any atom is -0.497 e. The van der Waals surface area contributed by atoms with Gasteiger partial charge in [0.1, 0.15) is 11.5 Å². The molecule has 5 heteroatoms. The average Bonchev–Trinajstić information content (AvgIpc) is 2.54. The van der Waals surface area contributed by atoms with Gasteiger partial charge in [-0.1, -0.05) is 6.07 Å². The van der Waals surface area contributed by atoms with Crippen molar-refractivity contribution in [2.45, 2.75) is 12.8 Å². The van der Waals surface area contributed by atoms with Crippen molar-refractivity contribution in [1.82, 2.24) is 0 Å². The van der Waals surface area contributed by atoms with Crippen LogP contribution in [0.3, 0.4) is 0 Å². The SMILES string of the molecule is COc1ccc(C(=O)Oc2ccc3c(c2)NC(=O)CC3)cc1. The van der Waals surface area contributed by atoms with Crippen LogP contribution in [-0.4, -0.2) is 19.0 Å². The Morgan fingerprint density at radius 2 is 1.77 bits per heavy atom. The number of amides is 1. The fraction of sp³-hybridized carbons (Fsp3) is 0.176. The smallest absolute Gasteiger partial charge is 0.343 e. The van der Waals surface area contributed by atoms with Gasteiger partial charge in [0.05, 0.1) is 12.7 Å². The first-order valence-corrected chi connectivity index (χ1v) is 6.95. The number of anilines is 1. The number of esters is 1. The van der Waals surface area contributed by atoms with Gasteiger partial charge in [0.25, 0.3) is 0 Å². The zero-order valence-electron chi connectivity index (χ0n) is 12.1. The van der Waals surface area contributed by atoms with E-state index >= 15 is 0 Å². The summed E-state index contributed by atoms with van der Waals surface area (Å²) in [5.74, 6) is 0.602. The van der Waals surface area contributed by atoms with Gasteiger partial charge in [-0.2, -0.15) is 0 Å². The molecule has 0 aliphatic carbocycles. The predicted molar refractivity (Wildman–Crippen MR) is 81.3 cm³/mol. The van der Waals surface area contributed by atoms with Crippen molar-refractivity contribution in [2.75, 3.05) is 12.4 Å². The lowest BCUT2D eigenvalue weighted by atomic mass is 10.0. The van der Waals surface area contributed by atoms with Gasteiger partial charge in [-0.15, -0.1) is 0 Å². The number of carbonyl (C=O) groups excluding carboxylic acids is 2. The number of ether oxygens (including phenoxy) is 2. The third kappa shape index (κ3) is 2.93. The Morgan fingerprint density at radius 3 is 2.50 bits per heavy atom. The van der Waals surface area contributed by atoms with E-state index in [1.807, 2.05) is 6.07 Å². The van der Waals surface area contributed by atoms with Crippen molar-refractivity contribution in [3.8, 4) is 11.5 Å². The Balaban J connectivity index is 1.76. The zero-order valence-corrected chi connectivity index (χ0v) is 12.1. The molecule has 0 unspecified atom stereocenters. The molecule has 5 nitrogen and oxygen atoms in total. The molecule has 0 fully saturated rings. The lowest BCUT2D eigenvalue weighted by Crippen LogP contribution is -2.19. The summed E-state index contributed by atoms with van der Waals surface area (Å²) < 4.78 is 10.4. The Hall–Kier alpha value is -2.82. The second-order valence-electron chi connectivity index (χ2n) is 4.99. The largest absolute Gasteiger partial charge is 0.497 e. The number of hydrogen-bond donors (Lipinski definition) is 1. The maximum absolute atomic E-state index is 12.1.